The monoisotopic (exact) mass is 208 g/mol. The van der Waals surface area contributed by atoms with Crippen LogP contribution in [0.1, 0.15) is 12.5 Å². The maximum absolute atomic E-state index is 5.61. The summed E-state index contributed by atoms with van der Waals surface area (Å²) in [5.41, 5.74) is 6.72. The van der Waals surface area contributed by atoms with Crippen LogP contribution in [-0.4, -0.2) is 24.8 Å². The fraction of sp³-hybridized carbons (Fsp3) is 0.545. The summed E-state index contributed by atoms with van der Waals surface area (Å²) in [5.74, 6) is 0.645. The van der Waals surface area contributed by atoms with E-state index in [1.807, 2.05) is 12.1 Å². The lowest BCUT2D eigenvalue weighted by Crippen LogP contribution is -2.44. The Balaban J connectivity index is 1.92. The van der Waals surface area contributed by atoms with Crippen molar-refractivity contribution in [2.75, 3.05) is 19.8 Å². The second-order valence-electron chi connectivity index (χ2n) is 4.30. The van der Waals surface area contributed by atoms with Crippen molar-refractivity contribution >= 4 is 0 Å². The van der Waals surface area contributed by atoms with Crippen molar-refractivity contribution in [3.05, 3.63) is 23.9 Å². The Morgan fingerprint density at radius 1 is 1.60 bits per heavy atom. The molecule has 1 aromatic rings. The number of hydrogen-bond donors (Lipinski definition) is 1. The minimum absolute atomic E-state index is 0.153. The molecule has 0 bridgehead atoms. The Hall–Kier alpha value is -1.13. The fourth-order valence-corrected chi connectivity index (χ4v) is 1.44. The van der Waals surface area contributed by atoms with E-state index in [1.165, 1.54) is 0 Å². The molecule has 0 spiro atoms. The third-order valence-electron chi connectivity index (χ3n) is 2.50. The molecule has 1 fully saturated rings. The Morgan fingerprint density at radius 2 is 2.40 bits per heavy atom. The number of hydrogen-bond acceptors (Lipinski definition) is 4. The highest BCUT2D eigenvalue weighted by atomic mass is 16.5. The predicted molar refractivity (Wildman–Crippen MR) is 56.5 cm³/mol. The molecule has 1 aromatic heterocycles. The highest BCUT2D eigenvalue weighted by Gasteiger charge is 2.34. The van der Waals surface area contributed by atoms with Crippen LogP contribution in [-0.2, 0) is 11.3 Å². The molecule has 2 rings (SSSR count). The molecule has 0 atom stereocenters. The quantitative estimate of drug-likeness (QED) is 0.800. The van der Waals surface area contributed by atoms with E-state index < -0.39 is 0 Å². The molecule has 0 aliphatic carbocycles. The number of rotatable bonds is 4. The summed E-state index contributed by atoms with van der Waals surface area (Å²) >= 11 is 0. The topological polar surface area (TPSA) is 57.4 Å². The molecule has 0 radical (unpaired) electrons. The van der Waals surface area contributed by atoms with Gasteiger partial charge in [0, 0.05) is 24.2 Å². The normalized spacial score (nSPS) is 18.3. The van der Waals surface area contributed by atoms with E-state index in [4.69, 9.17) is 15.2 Å². The lowest BCUT2D eigenvalue weighted by molar-refractivity contribution is -0.120. The smallest absolute Gasteiger partial charge is 0.213 e. The first-order valence-corrected chi connectivity index (χ1v) is 5.07. The largest absolute Gasteiger partial charge is 0.477 e. The minimum Gasteiger partial charge on any atom is -0.477 e. The predicted octanol–water partition coefficient (Wildman–Crippen LogP) is 0.956. The van der Waals surface area contributed by atoms with Crippen molar-refractivity contribution in [2.24, 2.45) is 11.1 Å². The molecular formula is C11H16N2O2. The molecule has 4 heteroatoms. The maximum atomic E-state index is 5.61. The van der Waals surface area contributed by atoms with Crippen LogP contribution in [0.5, 0.6) is 5.88 Å². The van der Waals surface area contributed by atoms with Gasteiger partial charge in [-0.25, -0.2) is 4.98 Å². The minimum atomic E-state index is 0.153. The number of pyridine rings is 1. The zero-order valence-electron chi connectivity index (χ0n) is 8.90. The van der Waals surface area contributed by atoms with E-state index in [2.05, 4.69) is 11.9 Å². The fourth-order valence-electron chi connectivity index (χ4n) is 1.44. The van der Waals surface area contributed by atoms with Gasteiger partial charge in [-0.15, -0.1) is 0 Å². The maximum Gasteiger partial charge on any atom is 0.213 e. The van der Waals surface area contributed by atoms with Crippen LogP contribution in [0, 0.1) is 5.41 Å². The Bertz CT molecular complexity index is 337. The van der Waals surface area contributed by atoms with Crippen molar-refractivity contribution in [3.8, 4) is 5.88 Å². The van der Waals surface area contributed by atoms with Crippen molar-refractivity contribution in [3.63, 3.8) is 0 Å². The summed E-state index contributed by atoms with van der Waals surface area (Å²) in [6, 6.07) is 3.77. The first kappa shape index (κ1) is 10.4. The van der Waals surface area contributed by atoms with Gasteiger partial charge in [0.2, 0.25) is 5.88 Å². The Labute approximate surface area is 89.4 Å². The van der Waals surface area contributed by atoms with Gasteiger partial charge in [0.25, 0.3) is 0 Å². The van der Waals surface area contributed by atoms with Gasteiger partial charge in [-0.05, 0) is 11.6 Å². The van der Waals surface area contributed by atoms with Gasteiger partial charge in [0.05, 0.1) is 19.8 Å². The van der Waals surface area contributed by atoms with Gasteiger partial charge in [-0.2, -0.15) is 0 Å². The SMILES string of the molecule is CC1(COc2cc(CN)ccn2)COC1. The zero-order valence-corrected chi connectivity index (χ0v) is 8.90. The van der Waals surface area contributed by atoms with E-state index >= 15 is 0 Å². The third kappa shape index (κ3) is 2.46. The van der Waals surface area contributed by atoms with Crippen LogP contribution in [0.15, 0.2) is 18.3 Å². The van der Waals surface area contributed by atoms with E-state index in [0.29, 0.717) is 19.0 Å². The number of nitrogens with two attached hydrogens (primary N) is 1. The molecule has 0 aromatic carbocycles. The van der Waals surface area contributed by atoms with Crippen LogP contribution in [0.25, 0.3) is 0 Å². The Morgan fingerprint density at radius 3 is 3.00 bits per heavy atom. The zero-order chi connectivity index (χ0) is 10.7. The first-order valence-electron chi connectivity index (χ1n) is 5.07. The molecule has 2 heterocycles. The molecule has 0 saturated carbocycles. The molecule has 1 aliphatic rings. The second-order valence-corrected chi connectivity index (χ2v) is 4.30. The van der Waals surface area contributed by atoms with Crippen molar-refractivity contribution in [1.82, 2.24) is 4.98 Å². The summed E-state index contributed by atoms with van der Waals surface area (Å²) in [6.45, 7) is 4.84. The highest BCUT2D eigenvalue weighted by molar-refractivity contribution is 5.20. The molecular weight excluding hydrogens is 192 g/mol. The lowest BCUT2D eigenvalue weighted by Gasteiger charge is -2.37. The molecule has 2 N–H and O–H groups in total. The highest BCUT2D eigenvalue weighted by Crippen LogP contribution is 2.27. The van der Waals surface area contributed by atoms with E-state index in [-0.39, 0.29) is 5.41 Å². The lowest BCUT2D eigenvalue weighted by atomic mass is 9.90. The molecule has 1 aliphatic heterocycles. The molecule has 82 valence electrons. The molecule has 4 nitrogen and oxygen atoms in total. The van der Waals surface area contributed by atoms with E-state index in [9.17, 15) is 0 Å². The summed E-state index contributed by atoms with van der Waals surface area (Å²) in [5, 5.41) is 0. The van der Waals surface area contributed by atoms with Gasteiger partial charge in [-0.1, -0.05) is 6.92 Å². The van der Waals surface area contributed by atoms with Crippen molar-refractivity contribution in [2.45, 2.75) is 13.5 Å². The summed E-state index contributed by atoms with van der Waals surface area (Å²) in [7, 11) is 0. The molecule has 0 amide bonds. The van der Waals surface area contributed by atoms with Crippen molar-refractivity contribution < 1.29 is 9.47 Å². The van der Waals surface area contributed by atoms with Gasteiger partial charge < -0.3 is 15.2 Å². The van der Waals surface area contributed by atoms with Gasteiger partial charge in [0.1, 0.15) is 0 Å². The molecule has 1 saturated heterocycles. The van der Waals surface area contributed by atoms with Crippen LogP contribution < -0.4 is 10.5 Å². The van der Waals surface area contributed by atoms with Crippen LogP contribution in [0.2, 0.25) is 0 Å². The van der Waals surface area contributed by atoms with E-state index in [0.717, 1.165) is 18.8 Å². The second kappa shape index (κ2) is 4.16. The summed E-state index contributed by atoms with van der Waals surface area (Å²) in [6.07, 6.45) is 1.72. The van der Waals surface area contributed by atoms with Crippen molar-refractivity contribution in [1.29, 1.82) is 0 Å². The van der Waals surface area contributed by atoms with Gasteiger partial charge in [-0.3, -0.25) is 0 Å². The van der Waals surface area contributed by atoms with Gasteiger partial charge in [0.15, 0.2) is 0 Å². The molecule has 0 unspecified atom stereocenters. The molecule has 15 heavy (non-hydrogen) atoms. The average molecular weight is 208 g/mol. The van der Waals surface area contributed by atoms with Crippen LogP contribution in [0.4, 0.5) is 0 Å². The third-order valence-corrected chi connectivity index (χ3v) is 2.50. The average Bonchev–Trinajstić information content (AvgIpc) is 2.24. The van der Waals surface area contributed by atoms with Crippen LogP contribution in [0.3, 0.4) is 0 Å². The number of aromatic nitrogens is 1. The summed E-state index contributed by atoms with van der Waals surface area (Å²) < 4.78 is 10.8. The number of nitrogens with zero attached hydrogens (tertiary/aromatic N) is 1. The van der Waals surface area contributed by atoms with E-state index in [1.54, 1.807) is 6.20 Å². The Kier molecular flexibility index (Phi) is 2.88. The standard InChI is InChI=1S/C11H16N2O2/c1-11(6-14-7-11)8-15-10-4-9(5-12)2-3-13-10/h2-4H,5-8,12H2,1H3. The first-order chi connectivity index (χ1) is 7.22. The van der Waals surface area contributed by atoms with Gasteiger partial charge >= 0.3 is 0 Å². The number of ether oxygens (including phenoxy) is 2. The van der Waals surface area contributed by atoms with Crippen LogP contribution >= 0.6 is 0 Å². The summed E-state index contributed by atoms with van der Waals surface area (Å²) in [4.78, 5) is 4.13.